The van der Waals surface area contributed by atoms with Gasteiger partial charge in [0.25, 0.3) is 0 Å². The molecule has 2 aromatic rings. The second-order valence-corrected chi connectivity index (χ2v) is 10.3. The van der Waals surface area contributed by atoms with Crippen molar-refractivity contribution in [2.45, 2.75) is 44.4 Å². The van der Waals surface area contributed by atoms with E-state index in [1.807, 2.05) is 0 Å². The second-order valence-electron chi connectivity index (χ2n) is 6.94. The van der Waals surface area contributed by atoms with Crippen LogP contribution in [0, 0.1) is 17.2 Å². The summed E-state index contributed by atoms with van der Waals surface area (Å²) >= 11 is 1.50. The van der Waals surface area contributed by atoms with Crippen molar-refractivity contribution in [2.75, 3.05) is 11.1 Å². The van der Waals surface area contributed by atoms with Gasteiger partial charge in [0.05, 0.1) is 22.6 Å². The number of carbonyl (C=O) groups is 1. The number of amides is 1. The Kier molecular flexibility index (Phi) is 5.68. The molecule has 3 rings (SSSR count). The van der Waals surface area contributed by atoms with Crippen LogP contribution in [0.4, 0.5) is 5.00 Å². The van der Waals surface area contributed by atoms with Crippen molar-refractivity contribution >= 4 is 32.1 Å². The monoisotopic (exact) mass is 402 g/mol. The highest BCUT2D eigenvalue weighted by Gasteiger charge is 2.24. The number of nitrogens with one attached hydrogen (secondary N) is 1. The van der Waals surface area contributed by atoms with E-state index in [-0.39, 0.29) is 23.0 Å². The van der Waals surface area contributed by atoms with E-state index in [1.54, 1.807) is 19.1 Å². The lowest BCUT2D eigenvalue weighted by Gasteiger charge is -2.17. The average molecular weight is 403 g/mol. The van der Waals surface area contributed by atoms with E-state index in [0.717, 1.165) is 30.4 Å². The third-order valence-corrected chi connectivity index (χ3v) is 7.82. The van der Waals surface area contributed by atoms with Crippen LogP contribution in [-0.2, 0) is 33.9 Å². The minimum absolute atomic E-state index is 0.0471. The van der Waals surface area contributed by atoms with Gasteiger partial charge in [-0.1, -0.05) is 26.0 Å². The molecular formula is C20H22N2O3S2. The van der Waals surface area contributed by atoms with Crippen LogP contribution in [-0.4, -0.2) is 20.1 Å². The first-order valence-electron chi connectivity index (χ1n) is 9.00. The number of benzene rings is 1. The molecule has 0 aliphatic heterocycles. The molecule has 27 heavy (non-hydrogen) atoms. The number of fused-ring (bicyclic) bond motifs is 1. The van der Waals surface area contributed by atoms with E-state index in [9.17, 15) is 18.5 Å². The van der Waals surface area contributed by atoms with Crippen LogP contribution < -0.4 is 5.32 Å². The summed E-state index contributed by atoms with van der Waals surface area (Å²) in [5.74, 6) is 0.444. The quantitative estimate of drug-likeness (QED) is 0.826. The number of hydrogen-bond donors (Lipinski definition) is 1. The number of nitriles is 1. The topological polar surface area (TPSA) is 87.0 Å². The summed E-state index contributed by atoms with van der Waals surface area (Å²) in [6.07, 6.45) is 3.05. The molecule has 1 aliphatic carbocycles. The van der Waals surface area contributed by atoms with Gasteiger partial charge >= 0.3 is 0 Å². The zero-order valence-electron chi connectivity index (χ0n) is 15.4. The molecule has 0 fully saturated rings. The highest BCUT2D eigenvalue weighted by atomic mass is 32.2. The summed E-state index contributed by atoms with van der Waals surface area (Å²) in [7, 11) is -3.24. The Morgan fingerprint density at radius 2 is 2.04 bits per heavy atom. The number of nitrogens with zero attached hydrogens (tertiary/aromatic N) is 1. The Morgan fingerprint density at radius 1 is 1.33 bits per heavy atom. The van der Waals surface area contributed by atoms with Crippen LogP contribution >= 0.6 is 11.3 Å². The molecule has 1 amide bonds. The second kappa shape index (κ2) is 7.83. The van der Waals surface area contributed by atoms with Crippen molar-refractivity contribution in [1.29, 1.82) is 5.26 Å². The molecule has 1 heterocycles. The summed E-state index contributed by atoms with van der Waals surface area (Å²) in [5, 5.41) is 13.0. The fraction of sp³-hybridized carbons (Fsp3) is 0.400. The Morgan fingerprint density at radius 3 is 2.67 bits per heavy atom. The first-order valence-corrected chi connectivity index (χ1v) is 11.5. The first-order chi connectivity index (χ1) is 12.8. The molecule has 5 nitrogen and oxygen atoms in total. The van der Waals surface area contributed by atoms with Gasteiger partial charge in [0.15, 0.2) is 9.84 Å². The van der Waals surface area contributed by atoms with Crippen LogP contribution in [0.3, 0.4) is 0 Å². The fourth-order valence-electron chi connectivity index (χ4n) is 3.29. The van der Waals surface area contributed by atoms with E-state index >= 15 is 0 Å². The molecule has 1 aromatic heterocycles. The predicted octanol–water partition coefficient (Wildman–Crippen LogP) is 3.72. The van der Waals surface area contributed by atoms with Crippen molar-refractivity contribution in [3.63, 3.8) is 0 Å². The number of hydrogen-bond acceptors (Lipinski definition) is 5. The third-order valence-electron chi connectivity index (χ3n) is 4.90. The minimum atomic E-state index is -3.24. The molecule has 142 valence electrons. The standard InChI is InChI=1S/C20H22N2O3S2/c1-3-27(24,25)15-7-5-14(6-8-15)11-19(23)22-20-17(12-21)16-9-4-13(2)10-18(16)26-20/h5-8,13H,3-4,9-11H2,1-2H3,(H,22,23). The smallest absolute Gasteiger partial charge is 0.229 e. The van der Waals surface area contributed by atoms with Crippen LogP contribution in [0.5, 0.6) is 0 Å². The summed E-state index contributed by atoms with van der Waals surface area (Å²) in [6.45, 7) is 3.81. The normalized spacial score (nSPS) is 16.4. The van der Waals surface area contributed by atoms with E-state index < -0.39 is 9.84 Å². The molecule has 0 saturated carbocycles. The maximum atomic E-state index is 12.4. The Hall–Kier alpha value is -2.17. The van der Waals surface area contributed by atoms with Crippen LogP contribution in [0.25, 0.3) is 0 Å². The summed E-state index contributed by atoms with van der Waals surface area (Å²) in [4.78, 5) is 13.9. The minimum Gasteiger partial charge on any atom is -0.316 e. The first kappa shape index (κ1) is 19.6. The fourth-order valence-corrected chi connectivity index (χ4v) is 5.56. The molecule has 1 aliphatic rings. The van der Waals surface area contributed by atoms with E-state index in [2.05, 4.69) is 18.3 Å². The van der Waals surface area contributed by atoms with Gasteiger partial charge in [-0.25, -0.2) is 8.42 Å². The lowest BCUT2D eigenvalue weighted by atomic mass is 9.88. The zero-order valence-corrected chi connectivity index (χ0v) is 17.0. The largest absolute Gasteiger partial charge is 0.316 e. The average Bonchev–Trinajstić information content (AvgIpc) is 2.97. The predicted molar refractivity (Wildman–Crippen MR) is 107 cm³/mol. The Balaban J connectivity index is 1.73. The Labute approximate surface area is 164 Å². The van der Waals surface area contributed by atoms with Gasteiger partial charge < -0.3 is 5.32 Å². The number of rotatable bonds is 5. The summed E-state index contributed by atoms with van der Waals surface area (Å²) in [6, 6.07) is 8.64. The van der Waals surface area contributed by atoms with Crippen LogP contribution in [0.1, 0.15) is 41.8 Å². The summed E-state index contributed by atoms with van der Waals surface area (Å²) in [5.41, 5.74) is 2.42. The summed E-state index contributed by atoms with van der Waals surface area (Å²) < 4.78 is 23.7. The van der Waals surface area contributed by atoms with E-state index in [0.29, 0.717) is 16.5 Å². The van der Waals surface area contributed by atoms with Crippen LogP contribution in [0.2, 0.25) is 0 Å². The lowest BCUT2D eigenvalue weighted by Crippen LogP contribution is -2.14. The molecule has 0 bridgehead atoms. The third kappa shape index (κ3) is 4.23. The Bertz CT molecular complexity index is 999. The van der Waals surface area contributed by atoms with Crippen molar-refractivity contribution in [3.05, 3.63) is 45.8 Å². The molecular weight excluding hydrogens is 380 g/mol. The van der Waals surface area contributed by atoms with Gasteiger partial charge in [0.2, 0.25) is 5.91 Å². The van der Waals surface area contributed by atoms with Gasteiger partial charge in [0.1, 0.15) is 11.1 Å². The van der Waals surface area contributed by atoms with Crippen molar-refractivity contribution in [1.82, 2.24) is 0 Å². The van der Waals surface area contributed by atoms with E-state index in [1.165, 1.54) is 28.3 Å². The van der Waals surface area contributed by atoms with Crippen molar-refractivity contribution in [2.24, 2.45) is 5.92 Å². The van der Waals surface area contributed by atoms with E-state index in [4.69, 9.17) is 0 Å². The zero-order chi connectivity index (χ0) is 19.6. The lowest BCUT2D eigenvalue weighted by molar-refractivity contribution is -0.115. The SMILES string of the molecule is CCS(=O)(=O)c1ccc(CC(=O)Nc2sc3c(c2C#N)CCC(C)C3)cc1. The molecule has 0 saturated heterocycles. The molecule has 1 N–H and O–H groups in total. The highest BCUT2D eigenvalue weighted by molar-refractivity contribution is 7.91. The maximum absolute atomic E-state index is 12.4. The van der Waals surface area contributed by atoms with Gasteiger partial charge in [-0.05, 0) is 48.4 Å². The van der Waals surface area contributed by atoms with Gasteiger partial charge in [0, 0.05) is 4.88 Å². The number of anilines is 1. The molecule has 1 unspecified atom stereocenters. The van der Waals surface area contributed by atoms with Gasteiger partial charge in [-0.3, -0.25) is 4.79 Å². The van der Waals surface area contributed by atoms with Gasteiger partial charge in [-0.2, -0.15) is 5.26 Å². The number of thiophene rings is 1. The highest BCUT2D eigenvalue weighted by Crippen LogP contribution is 2.39. The van der Waals surface area contributed by atoms with Crippen molar-refractivity contribution < 1.29 is 13.2 Å². The van der Waals surface area contributed by atoms with Crippen molar-refractivity contribution in [3.8, 4) is 6.07 Å². The number of carbonyl (C=O) groups excluding carboxylic acids is 1. The molecule has 0 spiro atoms. The molecule has 1 atom stereocenters. The van der Waals surface area contributed by atoms with Gasteiger partial charge in [-0.15, -0.1) is 11.3 Å². The van der Waals surface area contributed by atoms with Crippen LogP contribution in [0.15, 0.2) is 29.2 Å². The molecule has 0 radical (unpaired) electrons. The maximum Gasteiger partial charge on any atom is 0.229 e. The number of sulfone groups is 1. The molecule has 1 aromatic carbocycles. The molecule has 7 heteroatoms.